The summed E-state index contributed by atoms with van der Waals surface area (Å²) < 4.78 is 0. The largest absolute Gasteiger partial charge is 0.507 e. The fourth-order valence-corrected chi connectivity index (χ4v) is 0.735. The van der Waals surface area contributed by atoms with Crippen molar-refractivity contribution < 1.29 is 9.90 Å². The van der Waals surface area contributed by atoms with E-state index < -0.39 is 0 Å². The maximum absolute atomic E-state index is 10.5. The van der Waals surface area contributed by atoms with Crippen LogP contribution in [0.3, 0.4) is 0 Å². The summed E-state index contributed by atoms with van der Waals surface area (Å²) in [5.41, 5.74) is 0.578. The monoisotopic (exact) mass is 150 g/mol. The molecule has 0 spiro atoms. The molecule has 0 atom stereocenters. The van der Waals surface area contributed by atoms with E-state index in [1.807, 2.05) is 0 Å². The molecule has 1 rings (SSSR count). The molecular weight excluding hydrogens is 142 g/mol. The van der Waals surface area contributed by atoms with E-state index in [0.717, 1.165) is 0 Å². The number of anilines is 1. The van der Waals surface area contributed by atoms with Crippen LogP contribution >= 0.6 is 0 Å². The molecule has 3 nitrogen and oxygen atoms in total. The molecule has 0 fully saturated rings. The Kier molecular flexibility index (Phi) is 2.11. The van der Waals surface area contributed by atoms with Gasteiger partial charge in [-0.3, -0.25) is 4.79 Å². The van der Waals surface area contributed by atoms with Crippen LogP contribution in [0.2, 0.25) is 0 Å². The minimum atomic E-state index is -0.157. The lowest BCUT2D eigenvalue weighted by Crippen LogP contribution is -2.04. The van der Waals surface area contributed by atoms with E-state index in [-0.39, 0.29) is 11.7 Å². The summed E-state index contributed by atoms with van der Waals surface area (Å²) in [6.45, 7) is 1.41. The first kappa shape index (κ1) is 7.60. The zero-order valence-corrected chi connectivity index (χ0v) is 6.09. The Labute approximate surface area is 64.7 Å². The van der Waals surface area contributed by atoms with Gasteiger partial charge in [0, 0.05) is 24.7 Å². The summed E-state index contributed by atoms with van der Waals surface area (Å²) >= 11 is 0. The van der Waals surface area contributed by atoms with E-state index in [1.54, 1.807) is 12.1 Å². The molecule has 3 heteroatoms. The van der Waals surface area contributed by atoms with Crippen molar-refractivity contribution in [3.63, 3.8) is 0 Å². The Morgan fingerprint density at radius 2 is 2.45 bits per heavy atom. The highest BCUT2D eigenvalue weighted by Gasteiger charge is 1.94. The van der Waals surface area contributed by atoms with Gasteiger partial charge in [0.25, 0.3) is 0 Å². The van der Waals surface area contributed by atoms with Crippen molar-refractivity contribution >= 4 is 11.6 Å². The molecule has 0 heterocycles. The van der Waals surface area contributed by atoms with E-state index >= 15 is 0 Å². The van der Waals surface area contributed by atoms with Crippen LogP contribution in [0.5, 0.6) is 5.75 Å². The second-order valence-corrected chi connectivity index (χ2v) is 2.14. The first-order valence-corrected chi connectivity index (χ1v) is 3.17. The van der Waals surface area contributed by atoms with Crippen molar-refractivity contribution in [2.24, 2.45) is 0 Å². The maximum atomic E-state index is 10.5. The van der Waals surface area contributed by atoms with Crippen LogP contribution in [0, 0.1) is 6.07 Å². The molecule has 0 aliphatic carbocycles. The summed E-state index contributed by atoms with van der Waals surface area (Å²) in [4.78, 5) is 10.5. The second-order valence-electron chi connectivity index (χ2n) is 2.14. The molecular formula is C8H8NO2. The van der Waals surface area contributed by atoms with Crippen LogP contribution in [0.25, 0.3) is 0 Å². The Hall–Kier alpha value is -1.51. The lowest BCUT2D eigenvalue weighted by atomic mass is 10.3. The number of phenols is 1. The Balaban J connectivity index is 2.79. The van der Waals surface area contributed by atoms with Gasteiger partial charge in [0.15, 0.2) is 0 Å². The van der Waals surface area contributed by atoms with Gasteiger partial charge >= 0.3 is 0 Å². The van der Waals surface area contributed by atoms with Crippen molar-refractivity contribution in [2.75, 3.05) is 5.32 Å². The van der Waals surface area contributed by atoms with Crippen LogP contribution in [0.4, 0.5) is 5.69 Å². The van der Waals surface area contributed by atoms with Crippen molar-refractivity contribution in [1.29, 1.82) is 0 Å². The van der Waals surface area contributed by atoms with Gasteiger partial charge in [-0.15, -0.1) is 0 Å². The summed E-state index contributed by atoms with van der Waals surface area (Å²) in [6.07, 6.45) is 0. The van der Waals surface area contributed by atoms with Crippen LogP contribution in [-0.4, -0.2) is 11.0 Å². The Morgan fingerprint density at radius 3 is 3.00 bits per heavy atom. The van der Waals surface area contributed by atoms with Crippen LogP contribution in [0.1, 0.15) is 6.92 Å². The third-order valence-electron chi connectivity index (χ3n) is 1.11. The maximum Gasteiger partial charge on any atom is 0.221 e. The molecule has 1 aromatic rings. The lowest BCUT2D eigenvalue weighted by Gasteiger charge is -2.00. The molecule has 11 heavy (non-hydrogen) atoms. The quantitative estimate of drug-likeness (QED) is 0.630. The third-order valence-corrected chi connectivity index (χ3v) is 1.11. The number of rotatable bonds is 1. The third kappa shape index (κ3) is 2.29. The zero-order chi connectivity index (χ0) is 8.27. The number of amides is 1. The number of hydrogen-bond donors (Lipinski definition) is 2. The average Bonchev–Trinajstić information content (AvgIpc) is 1.85. The van der Waals surface area contributed by atoms with Crippen molar-refractivity contribution in [2.45, 2.75) is 6.92 Å². The molecule has 0 unspecified atom stereocenters. The number of hydrogen-bond acceptors (Lipinski definition) is 2. The minimum absolute atomic E-state index is 0.0243. The Bertz CT molecular complexity index is 271. The Morgan fingerprint density at radius 1 is 1.73 bits per heavy atom. The first-order chi connectivity index (χ1) is 5.18. The van der Waals surface area contributed by atoms with Gasteiger partial charge < -0.3 is 10.4 Å². The molecule has 2 N–H and O–H groups in total. The summed E-state index contributed by atoms with van der Waals surface area (Å²) in [5, 5.41) is 11.4. The predicted octanol–water partition coefficient (Wildman–Crippen LogP) is 1.15. The van der Waals surface area contributed by atoms with Gasteiger partial charge in [-0.1, -0.05) is 0 Å². The van der Waals surface area contributed by atoms with E-state index in [0.29, 0.717) is 5.69 Å². The van der Waals surface area contributed by atoms with Crippen LogP contribution in [0.15, 0.2) is 18.2 Å². The van der Waals surface area contributed by atoms with Gasteiger partial charge in [-0.25, -0.2) is 0 Å². The highest BCUT2D eigenvalue weighted by atomic mass is 16.3. The van der Waals surface area contributed by atoms with Gasteiger partial charge in [0.1, 0.15) is 5.75 Å². The summed E-state index contributed by atoms with van der Waals surface area (Å²) in [7, 11) is 0. The first-order valence-electron chi connectivity index (χ1n) is 3.17. The fourth-order valence-electron chi connectivity index (χ4n) is 0.735. The topological polar surface area (TPSA) is 49.3 Å². The highest BCUT2D eigenvalue weighted by Crippen LogP contribution is 2.13. The van der Waals surface area contributed by atoms with Gasteiger partial charge in [-0.2, -0.15) is 0 Å². The smallest absolute Gasteiger partial charge is 0.221 e. The van der Waals surface area contributed by atoms with Crippen molar-refractivity contribution in [3.8, 4) is 5.75 Å². The minimum Gasteiger partial charge on any atom is -0.507 e. The molecule has 0 bridgehead atoms. The molecule has 57 valence electrons. The normalized spacial score (nSPS) is 9.18. The molecule has 0 aromatic heterocycles. The highest BCUT2D eigenvalue weighted by molar-refractivity contribution is 5.88. The average molecular weight is 150 g/mol. The van der Waals surface area contributed by atoms with Gasteiger partial charge in [-0.05, 0) is 12.1 Å². The predicted molar refractivity (Wildman–Crippen MR) is 41.2 cm³/mol. The van der Waals surface area contributed by atoms with E-state index in [1.165, 1.54) is 13.0 Å². The standard InChI is InChI=1S/C8H8NO2/c1-6(10)9-7-3-2-4-8(11)5-7/h2-3,5,11H,1H3,(H,9,10). The molecule has 1 aromatic carbocycles. The summed E-state index contributed by atoms with van der Waals surface area (Å²) in [5.74, 6) is -0.133. The van der Waals surface area contributed by atoms with E-state index in [4.69, 9.17) is 5.11 Å². The lowest BCUT2D eigenvalue weighted by molar-refractivity contribution is -0.114. The van der Waals surface area contributed by atoms with Crippen LogP contribution < -0.4 is 5.32 Å². The summed E-state index contributed by atoms with van der Waals surface area (Å²) in [6, 6.07) is 7.18. The molecule has 1 radical (unpaired) electrons. The van der Waals surface area contributed by atoms with Crippen molar-refractivity contribution in [1.82, 2.24) is 0 Å². The molecule has 0 aliphatic rings. The number of phenolic OH excluding ortho intramolecular Hbond substituents is 1. The van der Waals surface area contributed by atoms with Crippen LogP contribution in [-0.2, 0) is 4.79 Å². The molecule has 0 saturated heterocycles. The number of carbonyl (C=O) groups excluding carboxylic acids is 1. The number of nitrogens with one attached hydrogen (secondary N) is 1. The van der Waals surface area contributed by atoms with Gasteiger partial charge in [0.05, 0.1) is 0 Å². The number of carbonyl (C=O) groups is 1. The van der Waals surface area contributed by atoms with E-state index in [9.17, 15) is 4.79 Å². The van der Waals surface area contributed by atoms with Gasteiger partial charge in [0.2, 0.25) is 5.91 Å². The molecule has 1 amide bonds. The second kappa shape index (κ2) is 3.05. The van der Waals surface area contributed by atoms with Crippen molar-refractivity contribution in [3.05, 3.63) is 24.3 Å². The van der Waals surface area contributed by atoms with E-state index in [2.05, 4.69) is 11.4 Å². The zero-order valence-electron chi connectivity index (χ0n) is 6.09. The molecule has 0 saturated carbocycles. The number of aromatic hydroxyl groups is 1. The number of benzene rings is 1. The molecule has 0 aliphatic heterocycles. The SMILES string of the molecule is CC(=O)Nc1cc[c]c(O)c1. The fraction of sp³-hybridized carbons (Fsp3) is 0.125.